The number of nitrogens with zero attached hydrogens (tertiary/aromatic N) is 1. The molecule has 1 atom stereocenters. The number of carbonyl (C=O) groups is 2. The topological polar surface area (TPSA) is 69.6 Å². The molecule has 1 fully saturated rings. The normalized spacial score (nSPS) is 18.1. The second kappa shape index (κ2) is 7.36. The Morgan fingerprint density at radius 2 is 1.84 bits per heavy atom. The summed E-state index contributed by atoms with van der Waals surface area (Å²) < 4.78 is 0. The van der Waals surface area contributed by atoms with Crippen LogP contribution in [0.3, 0.4) is 0 Å². The van der Waals surface area contributed by atoms with Crippen LogP contribution < -0.4 is 5.32 Å². The number of aliphatic carboxylic acids is 1. The molecule has 0 saturated heterocycles. The molecule has 110 valence electrons. The van der Waals surface area contributed by atoms with Crippen LogP contribution in [0, 0.1) is 5.92 Å². The number of carboxylic acid groups (broad SMARTS) is 1. The molecular weight excluding hydrogens is 244 g/mol. The Kier molecular flexibility index (Phi) is 6.12. The molecule has 0 bridgehead atoms. The minimum Gasteiger partial charge on any atom is -0.480 e. The fourth-order valence-electron chi connectivity index (χ4n) is 2.58. The highest BCUT2D eigenvalue weighted by Gasteiger charge is 2.26. The number of rotatable bonds is 5. The van der Waals surface area contributed by atoms with Crippen molar-refractivity contribution < 1.29 is 14.7 Å². The quantitative estimate of drug-likeness (QED) is 0.806. The minimum absolute atomic E-state index is 0.237. The predicted molar refractivity (Wildman–Crippen MR) is 74.0 cm³/mol. The smallest absolute Gasteiger partial charge is 0.326 e. The van der Waals surface area contributed by atoms with Gasteiger partial charge < -0.3 is 15.3 Å². The van der Waals surface area contributed by atoms with E-state index in [9.17, 15) is 9.59 Å². The Bertz CT molecular complexity index is 312. The van der Waals surface area contributed by atoms with E-state index in [1.165, 1.54) is 6.42 Å². The highest BCUT2D eigenvalue weighted by molar-refractivity contribution is 5.82. The van der Waals surface area contributed by atoms with E-state index >= 15 is 0 Å². The highest BCUT2D eigenvalue weighted by atomic mass is 16.4. The molecule has 1 rings (SSSR count). The van der Waals surface area contributed by atoms with Crippen LogP contribution in [0.15, 0.2) is 0 Å². The van der Waals surface area contributed by atoms with Gasteiger partial charge in [-0.2, -0.15) is 0 Å². The van der Waals surface area contributed by atoms with Crippen LogP contribution in [-0.4, -0.2) is 41.1 Å². The van der Waals surface area contributed by atoms with Gasteiger partial charge in [-0.15, -0.1) is 0 Å². The summed E-state index contributed by atoms with van der Waals surface area (Å²) in [6.45, 7) is 3.90. The van der Waals surface area contributed by atoms with Gasteiger partial charge in [0.2, 0.25) is 0 Å². The molecule has 0 heterocycles. The van der Waals surface area contributed by atoms with Gasteiger partial charge in [-0.25, -0.2) is 9.59 Å². The Morgan fingerprint density at radius 3 is 2.32 bits per heavy atom. The van der Waals surface area contributed by atoms with Gasteiger partial charge in [0.25, 0.3) is 0 Å². The van der Waals surface area contributed by atoms with Crippen molar-refractivity contribution in [3.8, 4) is 0 Å². The molecule has 0 aliphatic heterocycles. The second-order valence-electron chi connectivity index (χ2n) is 5.87. The molecular formula is C14H26N2O3. The molecule has 0 aromatic heterocycles. The number of amides is 2. The van der Waals surface area contributed by atoms with E-state index in [4.69, 9.17) is 5.11 Å². The Hall–Kier alpha value is -1.26. The van der Waals surface area contributed by atoms with Gasteiger partial charge in [0.15, 0.2) is 0 Å². The SMILES string of the molecule is CC(C)CC(NC(=O)N(C)C1CCCCC1)C(=O)O. The predicted octanol–water partition coefficient (Wildman–Crippen LogP) is 2.46. The van der Waals surface area contributed by atoms with E-state index < -0.39 is 12.0 Å². The Labute approximate surface area is 115 Å². The lowest BCUT2D eigenvalue weighted by Gasteiger charge is -2.32. The maximum Gasteiger partial charge on any atom is 0.326 e. The minimum atomic E-state index is -0.959. The third kappa shape index (κ3) is 5.09. The summed E-state index contributed by atoms with van der Waals surface area (Å²) in [5.74, 6) is -0.722. The van der Waals surface area contributed by atoms with E-state index in [0.717, 1.165) is 25.7 Å². The zero-order chi connectivity index (χ0) is 14.4. The average Bonchev–Trinajstić information content (AvgIpc) is 2.37. The number of carbonyl (C=O) groups excluding carboxylic acids is 1. The van der Waals surface area contributed by atoms with Crippen LogP contribution >= 0.6 is 0 Å². The molecule has 1 aliphatic carbocycles. The summed E-state index contributed by atoms with van der Waals surface area (Å²) in [4.78, 5) is 24.9. The molecule has 2 amide bonds. The first-order valence-corrected chi connectivity index (χ1v) is 7.18. The van der Waals surface area contributed by atoms with Crippen LogP contribution in [0.1, 0.15) is 52.4 Å². The van der Waals surface area contributed by atoms with Crippen LogP contribution in [-0.2, 0) is 4.79 Å². The maximum atomic E-state index is 12.1. The van der Waals surface area contributed by atoms with Crippen LogP contribution in [0.5, 0.6) is 0 Å². The second-order valence-corrected chi connectivity index (χ2v) is 5.87. The van der Waals surface area contributed by atoms with Crippen molar-refractivity contribution in [1.29, 1.82) is 0 Å². The Morgan fingerprint density at radius 1 is 1.26 bits per heavy atom. The summed E-state index contributed by atoms with van der Waals surface area (Å²) in [5, 5.41) is 11.8. The van der Waals surface area contributed by atoms with Gasteiger partial charge >= 0.3 is 12.0 Å². The van der Waals surface area contributed by atoms with E-state index in [2.05, 4.69) is 5.32 Å². The van der Waals surface area contributed by atoms with Crippen molar-refractivity contribution in [2.24, 2.45) is 5.92 Å². The van der Waals surface area contributed by atoms with Gasteiger partial charge in [0, 0.05) is 13.1 Å². The third-order valence-corrected chi connectivity index (χ3v) is 3.75. The van der Waals surface area contributed by atoms with Gasteiger partial charge in [-0.1, -0.05) is 33.1 Å². The maximum absolute atomic E-state index is 12.1. The summed E-state index contributed by atoms with van der Waals surface area (Å²) in [6, 6.07) is -0.805. The van der Waals surface area contributed by atoms with Crippen molar-refractivity contribution in [2.75, 3.05) is 7.05 Å². The molecule has 0 aromatic carbocycles. The summed E-state index contributed by atoms with van der Waals surface area (Å²) in [5.41, 5.74) is 0. The van der Waals surface area contributed by atoms with Gasteiger partial charge in [-0.05, 0) is 25.2 Å². The first-order valence-electron chi connectivity index (χ1n) is 7.18. The summed E-state index contributed by atoms with van der Waals surface area (Å²) in [7, 11) is 1.76. The molecule has 1 saturated carbocycles. The van der Waals surface area contributed by atoms with Crippen molar-refractivity contribution in [3.05, 3.63) is 0 Å². The number of hydrogen-bond acceptors (Lipinski definition) is 2. The van der Waals surface area contributed by atoms with E-state index in [1.54, 1.807) is 11.9 Å². The monoisotopic (exact) mass is 270 g/mol. The molecule has 5 heteroatoms. The fourth-order valence-corrected chi connectivity index (χ4v) is 2.58. The third-order valence-electron chi connectivity index (χ3n) is 3.75. The lowest BCUT2D eigenvalue weighted by molar-refractivity contribution is -0.139. The van der Waals surface area contributed by atoms with Crippen LogP contribution in [0.4, 0.5) is 4.79 Å². The van der Waals surface area contributed by atoms with Crippen LogP contribution in [0.25, 0.3) is 0 Å². The van der Waals surface area contributed by atoms with Crippen LogP contribution in [0.2, 0.25) is 0 Å². The molecule has 19 heavy (non-hydrogen) atoms. The van der Waals surface area contributed by atoms with Gasteiger partial charge in [0.05, 0.1) is 0 Å². The van der Waals surface area contributed by atoms with Crippen molar-refractivity contribution in [1.82, 2.24) is 10.2 Å². The van der Waals surface area contributed by atoms with Gasteiger partial charge in [0.1, 0.15) is 6.04 Å². The largest absolute Gasteiger partial charge is 0.480 e. The number of hydrogen-bond donors (Lipinski definition) is 2. The zero-order valence-electron chi connectivity index (χ0n) is 12.2. The molecule has 1 unspecified atom stereocenters. The molecule has 0 radical (unpaired) electrons. The lowest BCUT2D eigenvalue weighted by Crippen LogP contribution is -2.50. The summed E-state index contributed by atoms with van der Waals surface area (Å²) >= 11 is 0. The molecule has 5 nitrogen and oxygen atoms in total. The lowest BCUT2D eigenvalue weighted by atomic mass is 9.95. The fraction of sp³-hybridized carbons (Fsp3) is 0.857. The van der Waals surface area contributed by atoms with Crippen molar-refractivity contribution in [3.63, 3.8) is 0 Å². The average molecular weight is 270 g/mol. The first kappa shape index (κ1) is 15.8. The standard InChI is InChI=1S/C14H26N2O3/c1-10(2)9-12(13(17)18)15-14(19)16(3)11-7-5-4-6-8-11/h10-12H,4-9H2,1-3H3,(H,15,19)(H,17,18). The van der Waals surface area contributed by atoms with Crippen molar-refractivity contribution in [2.45, 2.75) is 64.5 Å². The van der Waals surface area contributed by atoms with E-state index in [0.29, 0.717) is 6.42 Å². The van der Waals surface area contributed by atoms with Gasteiger partial charge in [-0.3, -0.25) is 0 Å². The Balaban J connectivity index is 2.52. The number of carboxylic acids is 1. The first-order chi connectivity index (χ1) is 8.91. The molecule has 0 spiro atoms. The molecule has 2 N–H and O–H groups in total. The van der Waals surface area contributed by atoms with E-state index in [1.807, 2.05) is 13.8 Å². The number of urea groups is 1. The number of nitrogens with one attached hydrogen (secondary N) is 1. The molecule has 0 aromatic rings. The zero-order valence-corrected chi connectivity index (χ0v) is 12.2. The summed E-state index contributed by atoms with van der Waals surface area (Å²) in [6.07, 6.45) is 6.03. The highest BCUT2D eigenvalue weighted by Crippen LogP contribution is 2.21. The van der Waals surface area contributed by atoms with E-state index in [-0.39, 0.29) is 18.0 Å². The van der Waals surface area contributed by atoms with Crippen molar-refractivity contribution >= 4 is 12.0 Å². The molecule has 1 aliphatic rings.